The molecule has 4 amide bonds. The number of nitrogens with one attached hydrogen (secondary N) is 2. The Morgan fingerprint density at radius 1 is 1.47 bits per heavy atom. The summed E-state index contributed by atoms with van der Waals surface area (Å²) in [6.07, 6.45) is 0.897. The molecule has 0 aromatic carbocycles. The van der Waals surface area contributed by atoms with E-state index >= 15 is 0 Å². The standard InChI is InChI=1S/C12H20N4O3/c1-12(2)10(18)16(11(19)14-12)7-9(17)15(3)8-4-5-13-6-8/h8,13H,4-7H2,1-3H3,(H,14,19). The summed E-state index contributed by atoms with van der Waals surface area (Å²) >= 11 is 0. The van der Waals surface area contributed by atoms with Crippen LogP contribution in [0.25, 0.3) is 0 Å². The lowest BCUT2D eigenvalue weighted by atomic mass is 10.1. The largest absolute Gasteiger partial charge is 0.340 e. The number of urea groups is 1. The average Bonchev–Trinajstić information content (AvgIpc) is 2.91. The van der Waals surface area contributed by atoms with Gasteiger partial charge < -0.3 is 15.5 Å². The van der Waals surface area contributed by atoms with Crippen LogP contribution in [-0.2, 0) is 9.59 Å². The highest BCUT2D eigenvalue weighted by atomic mass is 16.2. The van der Waals surface area contributed by atoms with Gasteiger partial charge in [-0.2, -0.15) is 0 Å². The zero-order valence-electron chi connectivity index (χ0n) is 11.5. The molecule has 2 aliphatic heterocycles. The van der Waals surface area contributed by atoms with Crippen LogP contribution in [0.15, 0.2) is 0 Å². The molecule has 2 N–H and O–H groups in total. The molecule has 1 atom stereocenters. The molecule has 7 heteroatoms. The number of carbonyl (C=O) groups is 3. The third-order valence-electron chi connectivity index (χ3n) is 3.71. The van der Waals surface area contributed by atoms with Crippen LogP contribution >= 0.6 is 0 Å². The predicted molar refractivity (Wildman–Crippen MR) is 68.4 cm³/mol. The van der Waals surface area contributed by atoms with Crippen molar-refractivity contribution in [1.82, 2.24) is 20.4 Å². The summed E-state index contributed by atoms with van der Waals surface area (Å²) in [7, 11) is 1.71. The zero-order chi connectivity index (χ0) is 14.2. The van der Waals surface area contributed by atoms with Crippen molar-refractivity contribution in [3.8, 4) is 0 Å². The molecule has 2 heterocycles. The molecule has 1 unspecified atom stereocenters. The molecule has 0 bridgehead atoms. The van der Waals surface area contributed by atoms with Crippen molar-refractivity contribution in [3.63, 3.8) is 0 Å². The molecule has 0 aromatic rings. The van der Waals surface area contributed by atoms with Gasteiger partial charge in [-0.05, 0) is 26.8 Å². The van der Waals surface area contributed by atoms with Gasteiger partial charge in [0.25, 0.3) is 5.91 Å². The van der Waals surface area contributed by atoms with Crippen LogP contribution in [0.4, 0.5) is 4.79 Å². The first kappa shape index (κ1) is 13.8. The van der Waals surface area contributed by atoms with Gasteiger partial charge in [-0.3, -0.25) is 14.5 Å². The Kier molecular flexibility index (Phi) is 3.49. The van der Waals surface area contributed by atoms with Crippen molar-refractivity contribution >= 4 is 17.8 Å². The lowest BCUT2D eigenvalue weighted by Gasteiger charge is -2.25. The first-order valence-electron chi connectivity index (χ1n) is 6.43. The van der Waals surface area contributed by atoms with Crippen molar-refractivity contribution in [2.45, 2.75) is 31.8 Å². The Labute approximate surface area is 112 Å². The number of rotatable bonds is 3. The van der Waals surface area contributed by atoms with Crippen molar-refractivity contribution in [2.75, 3.05) is 26.7 Å². The van der Waals surface area contributed by atoms with Gasteiger partial charge >= 0.3 is 6.03 Å². The smallest absolute Gasteiger partial charge is 0.325 e. The minimum Gasteiger partial charge on any atom is -0.340 e. The monoisotopic (exact) mass is 268 g/mol. The summed E-state index contributed by atoms with van der Waals surface area (Å²) in [6.45, 7) is 4.71. The van der Waals surface area contributed by atoms with Crippen molar-refractivity contribution in [1.29, 1.82) is 0 Å². The lowest BCUT2D eigenvalue weighted by molar-refractivity contribution is -0.138. The molecular weight excluding hydrogens is 248 g/mol. The van der Waals surface area contributed by atoms with E-state index in [1.54, 1.807) is 25.8 Å². The second-order valence-corrected chi connectivity index (χ2v) is 5.60. The first-order valence-corrected chi connectivity index (χ1v) is 6.43. The molecule has 0 spiro atoms. The fourth-order valence-electron chi connectivity index (χ4n) is 2.38. The van der Waals surface area contributed by atoms with Gasteiger partial charge in [-0.1, -0.05) is 0 Å². The van der Waals surface area contributed by atoms with E-state index < -0.39 is 11.6 Å². The highest BCUT2D eigenvalue weighted by Gasteiger charge is 2.45. The summed E-state index contributed by atoms with van der Waals surface area (Å²) < 4.78 is 0. The molecule has 7 nitrogen and oxygen atoms in total. The summed E-state index contributed by atoms with van der Waals surface area (Å²) in [5.41, 5.74) is -0.926. The minimum atomic E-state index is -0.926. The summed E-state index contributed by atoms with van der Waals surface area (Å²) in [5.74, 6) is -0.571. The maximum absolute atomic E-state index is 12.1. The van der Waals surface area contributed by atoms with Crippen molar-refractivity contribution in [3.05, 3.63) is 0 Å². The molecular formula is C12H20N4O3. The molecule has 2 rings (SSSR count). The Morgan fingerprint density at radius 2 is 2.16 bits per heavy atom. The van der Waals surface area contributed by atoms with E-state index in [1.165, 1.54) is 0 Å². The number of hydrogen-bond donors (Lipinski definition) is 2. The molecule has 2 aliphatic rings. The quantitative estimate of drug-likeness (QED) is 0.652. The second-order valence-electron chi connectivity index (χ2n) is 5.60. The number of nitrogens with zero attached hydrogens (tertiary/aromatic N) is 2. The molecule has 0 saturated carbocycles. The van der Waals surface area contributed by atoms with Crippen molar-refractivity contribution in [2.24, 2.45) is 0 Å². The topological polar surface area (TPSA) is 81.8 Å². The lowest BCUT2D eigenvalue weighted by Crippen LogP contribution is -2.46. The number of imide groups is 1. The highest BCUT2D eigenvalue weighted by molar-refractivity contribution is 6.08. The van der Waals surface area contributed by atoms with E-state index in [0.717, 1.165) is 24.4 Å². The third-order valence-corrected chi connectivity index (χ3v) is 3.71. The number of likely N-dealkylation sites (N-methyl/N-ethyl adjacent to an activating group) is 1. The molecule has 19 heavy (non-hydrogen) atoms. The fourth-order valence-corrected chi connectivity index (χ4v) is 2.38. The van der Waals surface area contributed by atoms with Gasteiger partial charge in [0.15, 0.2) is 0 Å². The van der Waals surface area contributed by atoms with Gasteiger partial charge in [0.05, 0.1) is 0 Å². The van der Waals surface area contributed by atoms with Crippen LogP contribution in [0, 0.1) is 0 Å². The Hall–Kier alpha value is -1.63. The number of amides is 4. The van der Waals surface area contributed by atoms with E-state index in [0.29, 0.717) is 0 Å². The molecule has 2 saturated heterocycles. The van der Waals surface area contributed by atoms with Gasteiger partial charge in [-0.15, -0.1) is 0 Å². The number of carbonyl (C=O) groups excluding carboxylic acids is 3. The van der Waals surface area contributed by atoms with E-state index in [-0.39, 0.29) is 24.4 Å². The predicted octanol–water partition coefficient (Wildman–Crippen LogP) is -0.863. The number of hydrogen-bond acceptors (Lipinski definition) is 4. The summed E-state index contributed by atoms with van der Waals surface area (Å²) in [5, 5.41) is 5.74. The van der Waals surface area contributed by atoms with Gasteiger partial charge in [0.2, 0.25) is 5.91 Å². The van der Waals surface area contributed by atoms with Crippen LogP contribution in [0.3, 0.4) is 0 Å². The Morgan fingerprint density at radius 3 is 2.63 bits per heavy atom. The summed E-state index contributed by atoms with van der Waals surface area (Å²) in [4.78, 5) is 38.4. The van der Waals surface area contributed by atoms with Crippen LogP contribution in [0.5, 0.6) is 0 Å². The average molecular weight is 268 g/mol. The maximum atomic E-state index is 12.1. The molecule has 0 aromatic heterocycles. The highest BCUT2D eigenvalue weighted by Crippen LogP contribution is 2.17. The maximum Gasteiger partial charge on any atom is 0.325 e. The zero-order valence-corrected chi connectivity index (χ0v) is 11.5. The molecule has 0 aliphatic carbocycles. The van der Waals surface area contributed by atoms with Gasteiger partial charge in [0.1, 0.15) is 12.1 Å². The normalized spacial score (nSPS) is 25.6. The second kappa shape index (κ2) is 4.80. The van der Waals surface area contributed by atoms with Crippen LogP contribution in [0.1, 0.15) is 20.3 Å². The van der Waals surface area contributed by atoms with Crippen LogP contribution in [-0.4, -0.2) is 65.9 Å². The molecule has 0 radical (unpaired) electrons. The molecule has 2 fully saturated rings. The Bertz CT molecular complexity index is 415. The van der Waals surface area contributed by atoms with E-state index in [1.807, 2.05) is 0 Å². The van der Waals surface area contributed by atoms with Crippen LogP contribution in [0.2, 0.25) is 0 Å². The first-order chi connectivity index (χ1) is 8.83. The SMILES string of the molecule is CN(C(=O)CN1C(=O)NC(C)(C)C1=O)C1CCNC1. The van der Waals surface area contributed by atoms with Crippen LogP contribution < -0.4 is 10.6 Å². The van der Waals surface area contributed by atoms with E-state index in [4.69, 9.17) is 0 Å². The van der Waals surface area contributed by atoms with E-state index in [9.17, 15) is 14.4 Å². The van der Waals surface area contributed by atoms with Gasteiger partial charge in [0, 0.05) is 19.6 Å². The fraction of sp³-hybridized carbons (Fsp3) is 0.750. The van der Waals surface area contributed by atoms with Crippen molar-refractivity contribution < 1.29 is 14.4 Å². The van der Waals surface area contributed by atoms with E-state index in [2.05, 4.69) is 10.6 Å². The third kappa shape index (κ3) is 2.56. The minimum absolute atomic E-state index is 0.140. The molecule has 106 valence electrons. The Balaban J connectivity index is 1.99. The summed E-state index contributed by atoms with van der Waals surface area (Å²) in [6, 6.07) is -0.359. The van der Waals surface area contributed by atoms with Gasteiger partial charge in [-0.25, -0.2) is 4.79 Å².